The normalized spacial score (nSPS) is 47.3. The van der Waals surface area contributed by atoms with Gasteiger partial charge >= 0.3 is 0 Å². The van der Waals surface area contributed by atoms with Gasteiger partial charge in [0, 0.05) is 0 Å². The first-order valence-corrected chi connectivity index (χ1v) is 25.8. The van der Waals surface area contributed by atoms with Crippen LogP contribution in [0.3, 0.4) is 0 Å². The van der Waals surface area contributed by atoms with Crippen LogP contribution in [0.15, 0.2) is 58.8 Å². The van der Waals surface area contributed by atoms with Crippen LogP contribution in [0.2, 0.25) is 0 Å². The first kappa shape index (κ1) is 62.0. The second-order valence-corrected chi connectivity index (χ2v) is 20.2. The Balaban J connectivity index is 1.01. The van der Waals surface area contributed by atoms with Crippen molar-refractivity contribution < 1.29 is 153 Å². The van der Waals surface area contributed by atoms with Crippen molar-refractivity contribution in [2.45, 2.75) is 184 Å². The molecule has 0 saturated carbocycles. The molecule has 0 radical (unpaired) electrons. The quantitative estimate of drug-likeness (QED) is 0.0983. The van der Waals surface area contributed by atoms with E-state index in [1.807, 2.05) is 0 Å². The molecule has 22 aliphatic heterocycles. The van der Waals surface area contributed by atoms with Crippen LogP contribution >= 0.6 is 0 Å². The zero-order valence-electron chi connectivity index (χ0n) is 42.4. The zero-order valence-corrected chi connectivity index (χ0v) is 42.4. The lowest BCUT2D eigenvalue weighted by Gasteiger charge is -2.50. The SMILES string of the molecule is OC[C@H]1O[C@@H]2O[C@H]3[C@H](O)[C@@H](O)[C@@H](O[C@H]4[C@H](O)[C@@H](O)[C@@H](O[C@H]5[C@H](O)[C@@H](O)[C@@H](O[C@H]6[C@H](O)[C@@H](O)[C@@H](O[C@H]7[C@H](O)[C@@H](O)[C@@H](O[C@H]1[C@H](O)[C@H]2O)O[C@@H]7CO)O[C@@H]6CO)O[C@@H]5COc1ccc(N=Nc2ccc(O)cc2)cc1)O[C@@H]4CO)O[C@@H]3CO. The van der Waals surface area contributed by atoms with E-state index < -0.39 is 224 Å². The number of phenolic OH excluding ortho intramolecular Hbond substituents is 1. The second kappa shape index (κ2) is 26.8. The summed E-state index contributed by atoms with van der Waals surface area (Å²) in [7, 11) is 0. The molecule has 0 unspecified atom stereocenters. The molecule has 22 aliphatic rings. The Labute approximate surface area is 458 Å². The van der Waals surface area contributed by atoms with Crippen molar-refractivity contribution >= 4 is 11.4 Å². The minimum Gasteiger partial charge on any atom is -0.508 e. The molecular formula is C48H68N2O31. The van der Waals surface area contributed by atoms with Gasteiger partial charge in [-0.1, -0.05) is 0 Å². The average Bonchev–Trinajstić information content (AvgIpc) is 3.51. The fourth-order valence-corrected chi connectivity index (χ4v) is 10.3. The molecule has 0 amide bonds. The number of hydrogen-bond acceptors (Lipinski definition) is 33. The van der Waals surface area contributed by atoms with Crippen molar-refractivity contribution in [1.82, 2.24) is 0 Å². The van der Waals surface area contributed by atoms with Crippen LogP contribution in [0.4, 0.5) is 11.4 Å². The van der Waals surface area contributed by atoms with Crippen LogP contribution in [0, 0.1) is 0 Å². The number of rotatable bonds is 10. The van der Waals surface area contributed by atoms with Crippen molar-refractivity contribution in [3.8, 4) is 11.5 Å². The molecule has 22 saturated heterocycles. The average molecular weight is 1170 g/mol. The summed E-state index contributed by atoms with van der Waals surface area (Å²) in [5, 5.41) is 207. The Morgan fingerprint density at radius 1 is 0.296 bits per heavy atom. The van der Waals surface area contributed by atoms with Crippen LogP contribution in [-0.4, -0.2) is 316 Å². The number of hydrogen-bond donors (Lipinski definition) is 18. The van der Waals surface area contributed by atoms with Crippen molar-refractivity contribution in [3.63, 3.8) is 0 Å². The zero-order chi connectivity index (χ0) is 58.1. The van der Waals surface area contributed by atoms with E-state index >= 15 is 0 Å². The van der Waals surface area contributed by atoms with Crippen molar-refractivity contribution in [2.75, 3.05) is 39.6 Å². The maximum absolute atomic E-state index is 11.8. The lowest BCUT2D eigenvalue weighted by Crippen LogP contribution is -2.69. The lowest BCUT2D eigenvalue weighted by molar-refractivity contribution is -0.403. The minimum absolute atomic E-state index is 0.0269. The minimum atomic E-state index is -2.18. The molecular weight excluding hydrogens is 1100 g/mol. The molecule has 0 spiro atoms. The van der Waals surface area contributed by atoms with Crippen LogP contribution in [-0.2, 0) is 56.8 Å². The standard InChI is InChI=1S/C48H68N2O31/c51-9-19-37-25(57)31(63)43(70-19)77-38-20(10-52)72-45(33(65)27(38)59)79-40-22(12-54)74-47(35(67)29(40)61)81-42-24(14-69-18-7-3-16(4-8-18)50-49-15-1-5-17(56)6-2-15)75-48(36(68)30(42)62)80-41-23(13-55)73-46(34(66)28(41)60)78-39-21(11-53)71-44(76-37)32(64)26(39)58/h1-8,19-48,51-68H,9-14H2/t19-,20-,21-,22-,23-,24-,25-,26-,27-,28-,29-,30-,31-,32-,33-,34-,35-,36-,37-,38-,39-,40-,41-,42-,43-,44-,45-,46-,47-,48-/m1/s1. The molecule has 12 bridgehead atoms. The Morgan fingerprint density at radius 3 is 0.765 bits per heavy atom. The van der Waals surface area contributed by atoms with E-state index in [1.54, 1.807) is 0 Å². The maximum Gasteiger partial charge on any atom is 0.187 e. The van der Waals surface area contributed by atoms with E-state index in [4.69, 9.17) is 61.6 Å². The third-order valence-electron chi connectivity index (χ3n) is 14.9. The Hall–Kier alpha value is -3.52. The van der Waals surface area contributed by atoms with Gasteiger partial charge in [0.2, 0.25) is 0 Å². The first-order valence-electron chi connectivity index (χ1n) is 25.8. The number of nitrogens with zero attached hydrogens (tertiary/aromatic N) is 2. The highest BCUT2D eigenvalue weighted by Crippen LogP contribution is 2.38. The highest BCUT2D eigenvalue weighted by Gasteiger charge is 2.59. The molecule has 18 N–H and O–H groups in total. The fourth-order valence-electron chi connectivity index (χ4n) is 10.3. The summed E-state index contributed by atoms with van der Waals surface area (Å²) in [6, 6.07) is 11.9. The first-order chi connectivity index (χ1) is 38.8. The van der Waals surface area contributed by atoms with Gasteiger partial charge < -0.3 is 153 Å². The summed E-state index contributed by atoms with van der Waals surface area (Å²) < 4.78 is 75.8. The number of benzene rings is 2. The molecule has 33 heteroatoms. The van der Waals surface area contributed by atoms with Gasteiger partial charge in [-0.3, -0.25) is 0 Å². The lowest BCUT2D eigenvalue weighted by atomic mass is 9.94. The third-order valence-corrected chi connectivity index (χ3v) is 14.9. The largest absolute Gasteiger partial charge is 0.508 e. The molecule has 2 aromatic carbocycles. The molecule has 456 valence electrons. The van der Waals surface area contributed by atoms with Gasteiger partial charge in [0.1, 0.15) is 165 Å². The van der Waals surface area contributed by atoms with E-state index in [0.29, 0.717) is 11.4 Å². The van der Waals surface area contributed by atoms with Gasteiger partial charge in [-0.2, -0.15) is 10.2 Å². The Bertz CT molecular complexity index is 2300. The number of aliphatic hydroxyl groups excluding tert-OH is 17. The number of aromatic hydroxyl groups is 1. The summed E-state index contributed by atoms with van der Waals surface area (Å²) in [6.45, 7) is -5.68. The monoisotopic (exact) mass is 1170 g/mol. The van der Waals surface area contributed by atoms with Gasteiger partial charge in [0.15, 0.2) is 37.7 Å². The van der Waals surface area contributed by atoms with Gasteiger partial charge in [-0.25, -0.2) is 0 Å². The number of phenols is 1. The molecule has 22 fully saturated rings. The van der Waals surface area contributed by atoms with Gasteiger partial charge in [0.05, 0.1) is 44.4 Å². The molecule has 0 aromatic heterocycles. The van der Waals surface area contributed by atoms with Crippen molar-refractivity contribution in [2.24, 2.45) is 10.2 Å². The van der Waals surface area contributed by atoms with Crippen LogP contribution in [0.5, 0.6) is 11.5 Å². The van der Waals surface area contributed by atoms with E-state index in [1.165, 1.54) is 48.5 Å². The van der Waals surface area contributed by atoms with Crippen LogP contribution < -0.4 is 4.74 Å². The smallest absolute Gasteiger partial charge is 0.187 e. The summed E-state index contributed by atoms with van der Waals surface area (Å²) >= 11 is 0. The number of azo groups is 1. The molecule has 0 aliphatic carbocycles. The van der Waals surface area contributed by atoms with E-state index in [-0.39, 0.29) is 11.5 Å². The second-order valence-electron chi connectivity index (χ2n) is 20.2. The molecule has 22 heterocycles. The molecule has 30 atom stereocenters. The van der Waals surface area contributed by atoms with E-state index in [9.17, 15) is 91.9 Å². The summed E-state index contributed by atoms with van der Waals surface area (Å²) in [6.07, 6.45) is -59.2. The molecule has 33 nitrogen and oxygen atoms in total. The number of ether oxygens (including phenoxy) is 13. The predicted molar refractivity (Wildman–Crippen MR) is 253 cm³/mol. The highest BCUT2D eigenvalue weighted by molar-refractivity contribution is 5.44. The summed E-state index contributed by atoms with van der Waals surface area (Å²) in [4.78, 5) is 0. The Kier molecular flexibility index (Phi) is 20.5. The van der Waals surface area contributed by atoms with Gasteiger partial charge in [-0.05, 0) is 48.5 Å². The third kappa shape index (κ3) is 13.0. The van der Waals surface area contributed by atoms with E-state index in [0.717, 1.165) is 0 Å². The Morgan fingerprint density at radius 2 is 0.519 bits per heavy atom. The summed E-state index contributed by atoms with van der Waals surface area (Å²) in [5.74, 6) is 0.176. The van der Waals surface area contributed by atoms with Crippen molar-refractivity contribution in [3.05, 3.63) is 48.5 Å². The molecule has 81 heavy (non-hydrogen) atoms. The number of aliphatic hydroxyl groups is 17. The highest BCUT2D eigenvalue weighted by atomic mass is 16.8. The molecule has 24 rings (SSSR count). The fraction of sp³-hybridized carbons (Fsp3) is 0.750. The van der Waals surface area contributed by atoms with E-state index in [2.05, 4.69) is 10.2 Å². The van der Waals surface area contributed by atoms with Gasteiger partial charge in [0.25, 0.3) is 0 Å². The topological polar surface area (TPSA) is 509 Å². The summed E-state index contributed by atoms with van der Waals surface area (Å²) in [5.41, 5.74) is 0.791. The van der Waals surface area contributed by atoms with Crippen LogP contribution in [0.25, 0.3) is 0 Å². The van der Waals surface area contributed by atoms with Crippen molar-refractivity contribution in [1.29, 1.82) is 0 Å². The predicted octanol–water partition coefficient (Wildman–Crippen LogP) is -8.85. The van der Waals surface area contributed by atoms with Gasteiger partial charge in [-0.15, -0.1) is 0 Å². The van der Waals surface area contributed by atoms with Crippen LogP contribution in [0.1, 0.15) is 0 Å². The maximum atomic E-state index is 11.8. The molecule has 2 aromatic rings.